The van der Waals surface area contributed by atoms with E-state index in [-0.39, 0.29) is 11.9 Å². The molecule has 1 aliphatic carbocycles. The fraction of sp³-hybridized carbons (Fsp3) is 0.462. The maximum absolute atomic E-state index is 12.0. The highest BCUT2D eigenvalue weighted by Gasteiger charge is 2.26. The van der Waals surface area contributed by atoms with Gasteiger partial charge in [-0.05, 0) is 19.8 Å². The number of nitrogens with zero attached hydrogens (tertiary/aromatic N) is 3. The smallest absolute Gasteiger partial charge is 0.242 e. The minimum atomic E-state index is -0.351. The highest BCUT2D eigenvalue weighted by molar-refractivity contribution is 5.85. The molecule has 2 heterocycles. The lowest BCUT2D eigenvalue weighted by Gasteiger charge is -2.15. The zero-order valence-electron chi connectivity index (χ0n) is 11.6. The van der Waals surface area contributed by atoms with Crippen LogP contribution in [0.2, 0.25) is 0 Å². The molecule has 0 aromatic carbocycles. The summed E-state index contributed by atoms with van der Waals surface area (Å²) >= 11 is 0. The van der Waals surface area contributed by atoms with E-state index in [1.807, 2.05) is 23.7 Å². The van der Waals surface area contributed by atoms with Gasteiger partial charge in [-0.15, -0.1) is 0 Å². The predicted molar refractivity (Wildman–Crippen MR) is 76.8 cm³/mol. The predicted octanol–water partition coefficient (Wildman–Crippen LogP) is 0.850. The molecule has 0 aliphatic heterocycles. The van der Waals surface area contributed by atoms with Crippen LogP contribution in [0.1, 0.15) is 19.8 Å². The van der Waals surface area contributed by atoms with Crippen LogP contribution in [0, 0.1) is 0 Å². The molecule has 1 atom stereocenters. The fourth-order valence-electron chi connectivity index (χ4n) is 1.97. The number of imidazole rings is 1. The first-order valence-electron chi connectivity index (χ1n) is 6.76. The van der Waals surface area contributed by atoms with Crippen LogP contribution in [0.25, 0.3) is 5.65 Å². The molecule has 7 nitrogen and oxygen atoms in total. The third-order valence-corrected chi connectivity index (χ3v) is 3.30. The standard InChI is InChI=1S/C13H18N6O/c1-8(13(20)17-9-3-4-9)16-11-12-15-5-6-19(12)7-10(14-2)18-11/h5-9,14H,3-4H2,1-2H3,(H,16,18)(H,17,20). The van der Waals surface area contributed by atoms with Gasteiger partial charge in [-0.2, -0.15) is 0 Å². The largest absolute Gasteiger partial charge is 0.372 e. The number of rotatable bonds is 5. The van der Waals surface area contributed by atoms with Crippen molar-refractivity contribution in [1.29, 1.82) is 0 Å². The first-order valence-corrected chi connectivity index (χ1v) is 6.76. The van der Waals surface area contributed by atoms with Crippen LogP contribution in [-0.2, 0) is 4.79 Å². The number of anilines is 2. The van der Waals surface area contributed by atoms with Gasteiger partial charge in [-0.25, -0.2) is 9.97 Å². The quantitative estimate of drug-likeness (QED) is 0.753. The second kappa shape index (κ2) is 4.99. The normalized spacial score (nSPS) is 15.9. The van der Waals surface area contributed by atoms with E-state index in [4.69, 9.17) is 0 Å². The Kier molecular flexibility index (Phi) is 3.17. The number of carbonyl (C=O) groups excluding carboxylic acids is 1. The third kappa shape index (κ3) is 2.52. The molecular weight excluding hydrogens is 256 g/mol. The highest BCUT2D eigenvalue weighted by atomic mass is 16.2. The third-order valence-electron chi connectivity index (χ3n) is 3.30. The minimum absolute atomic E-state index is 0.00568. The number of hydrogen-bond donors (Lipinski definition) is 3. The molecule has 106 valence electrons. The average Bonchev–Trinajstić information content (AvgIpc) is 3.12. The average molecular weight is 274 g/mol. The Balaban J connectivity index is 1.81. The summed E-state index contributed by atoms with van der Waals surface area (Å²) in [5, 5.41) is 9.10. The number of fused-ring (bicyclic) bond motifs is 1. The number of hydrogen-bond acceptors (Lipinski definition) is 5. The highest BCUT2D eigenvalue weighted by Crippen LogP contribution is 2.20. The molecule has 1 fully saturated rings. The maximum atomic E-state index is 12.0. The molecule has 7 heteroatoms. The van der Waals surface area contributed by atoms with Gasteiger partial charge in [0, 0.05) is 25.5 Å². The molecular formula is C13H18N6O. The Morgan fingerprint density at radius 1 is 1.50 bits per heavy atom. The summed E-state index contributed by atoms with van der Waals surface area (Å²) in [4.78, 5) is 20.7. The summed E-state index contributed by atoms with van der Waals surface area (Å²) in [6.45, 7) is 1.82. The van der Waals surface area contributed by atoms with Gasteiger partial charge in [0.05, 0.1) is 6.20 Å². The van der Waals surface area contributed by atoms with Crippen LogP contribution < -0.4 is 16.0 Å². The molecule has 0 spiro atoms. The van der Waals surface area contributed by atoms with Crippen molar-refractivity contribution in [2.45, 2.75) is 31.8 Å². The van der Waals surface area contributed by atoms with Crippen LogP contribution >= 0.6 is 0 Å². The molecule has 1 saturated carbocycles. The van der Waals surface area contributed by atoms with E-state index >= 15 is 0 Å². The van der Waals surface area contributed by atoms with Crippen molar-refractivity contribution in [2.24, 2.45) is 0 Å². The van der Waals surface area contributed by atoms with Crippen molar-refractivity contribution < 1.29 is 4.79 Å². The van der Waals surface area contributed by atoms with E-state index in [9.17, 15) is 4.79 Å². The number of aromatic nitrogens is 3. The summed E-state index contributed by atoms with van der Waals surface area (Å²) in [6, 6.07) is 0.00509. The van der Waals surface area contributed by atoms with Crippen molar-refractivity contribution in [2.75, 3.05) is 17.7 Å². The van der Waals surface area contributed by atoms with Crippen molar-refractivity contribution in [3.8, 4) is 0 Å². The van der Waals surface area contributed by atoms with Crippen LogP contribution in [-0.4, -0.2) is 39.4 Å². The number of nitrogens with one attached hydrogen (secondary N) is 3. The van der Waals surface area contributed by atoms with Crippen molar-refractivity contribution in [3.63, 3.8) is 0 Å². The maximum Gasteiger partial charge on any atom is 0.242 e. The molecule has 3 N–H and O–H groups in total. The van der Waals surface area contributed by atoms with E-state index in [1.54, 1.807) is 13.2 Å². The van der Waals surface area contributed by atoms with Gasteiger partial charge >= 0.3 is 0 Å². The molecule has 0 saturated heterocycles. The van der Waals surface area contributed by atoms with E-state index in [2.05, 4.69) is 25.9 Å². The topological polar surface area (TPSA) is 83.3 Å². The molecule has 1 amide bonds. The molecule has 3 rings (SSSR count). The fourth-order valence-corrected chi connectivity index (χ4v) is 1.97. The Bertz CT molecular complexity index is 633. The SMILES string of the molecule is CNc1cn2ccnc2c(NC(C)C(=O)NC2CC2)n1. The summed E-state index contributed by atoms with van der Waals surface area (Å²) < 4.78 is 1.87. The van der Waals surface area contributed by atoms with Crippen LogP contribution in [0.3, 0.4) is 0 Å². The van der Waals surface area contributed by atoms with Crippen molar-refractivity contribution in [3.05, 3.63) is 18.6 Å². The molecule has 0 radical (unpaired) electrons. The summed E-state index contributed by atoms with van der Waals surface area (Å²) in [5.74, 6) is 1.31. The molecule has 0 bridgehead atoms. The van der Waals surface area contributed by atoms with Crippen molar-refractivity contribution >= 4 is 23.2 Å². The molecule has 1 unspecified atom stereocenters. The van der Waals surface area contributed by atoms with E-state index in [0.717, 1.165) is 12.8 Å². The Hall–Kier alpha value is -2.31. The second-order valence-corrected chi connectivity index (χ2v) is 5.03. The monoisotopic (exact) mass is 274 g/mol. The van der Waals surface area contributed by atoms with Crippen molar-refractivity contribution in [1.82, 2.24) is 19.7 Å². The zero-order chi connectivity index (χ0) is 14.1. The summed E-state index contributed by atoms with van der Waals surface area (Å²) in [5.41, 5.74) is 0.704. The van der Waals surface area contributed by atoms with Gasteiger partial charge < -0.3 is 20.4 Å². The Labute approximate surface area is 116 Å². The van der Waals surface area contributed by atoms with Crippen LogP contribution in [0.5, 0.6) is 0 Å². The van der Waals surface area contributed by atoms with Gasteiger partial charge in [0.15, 0.2) is 11.5 Å². The number of carbonyl (C=O) groups is 1. The van der Waals surface area contributed by atoms with Gasteiger partial charge in [0.25, 0.3) is 0 Å². The number of amides is 1. The lowest BCUT2D eigenvalue weighted by Crippen LogP contribution is -2.39. The Morgan fingerprint density at radius 3 is 3.00 bits per heavy atom. The summed E-state index contributed by atoms with van der Waals surface area (Å²) in [6.07, 6.45) is 7.56. The summed E-state index contributed by atoms with van der Waals surface area (Å²) in [7, 11) is 1.80. The van der Waals surface area contributed by atoms with Gasteiger partial charge in [-0.1, -0.05) is 0 Å². The minimum Gasteiger partial charge on any atom is -0.372 e. The first kappa shape index (κ1) is 12.7. The molecule has 20 heavy (non-hydrogen) atoms. The zero-order valence-corrected chi connectivity index (χ0v) is 11.6. The second-order valence-electron chi connectivity index (χ2n) is 5.03. The molecule has 2 aromatic rings. The molecule has 2 aromatic heterocycles. The van der Waals surface area contributed by atoms with Gasteiger partial charge in [0.1, 0.15) is 11.9 Å². The van der Waals surface area contributed by atoms with E-state index in [0.29, 0.717) is 23.3 Å². The van der Waals surface area contributed by atoms with Crippen LogP contribution in [0.15, 0.2) is 18.6 Å². The van der Waals surface area contributed by atoms with Crippen LogP contribution in [0.4, 0.5) is 11.6 Å². The van der Waals surface area contributed by atoms with E-state index in [1.165, 1.54) is 0 Å². The lowest BCUT2D eigenvalue weighted by molar-refractivity contribution is -0.121. The molecule has 1 aliphatic rings. The Morgan fingerprint density at radius 2 is 2.30 bits per heavy atom. The van der Waals surface area contributed by atoms with Gasteiger partial charge in [0.2, 0.25) is 5.91 Å². The van der Waals surface area contributed by atoms with E-state index < -0.39 is 0 Å². The first-order chi connectivity index (χ1) is 9.67. The lowest BCUT2D eigenvalue weighted by atomic mass is 10.3. The van der Waals surface area contributed by atoms with Gasteiger partial charge in [-0.3, -0.25) is 4.79 Å².